The Kier molecular flexibility index (Phi) is 6.89. The normalized spacial score (nSPS) is 13.6. The molecule has 2 aromatic rings. The molecule has 0 aliphatic heterocycles. The molecule has 0 aliphatic carbocycles. The van der Waals surface area contributed by atoms with E-state index in [0.29, 0.717) is 21.0 Å². The van der Waals surface area contributed by atoms with Gasteiger partial charge in [0.05, 0.1) is 4.90 Å². The van der Waals surface area contributed by atoms with Crippen molar-refractivity contribution in [2.45, 2.75) is 42.8 Å². The van der Waals surface area contributed by atoms with Gasteiger partial charge in [-0.25, -0.2) is 8.42 Å². The Morgan fingerprint density at radius 2 is 1.59 bits per heavy atom. The third-order valence-corrected chi connectivity index (χ3v) is 6.93. The van der Waals surface area contributed by atoms with Crippen LogP contribution in [0.3, 0.4) is 0 Å². The minimum absolute atomic E-state index is 0.112. The highest BCUT2D eigenvalue weighted by Crippen LogP contribution is 2.30. The summed E-state index contributed by atoms with van der Waals surface area (Å²) in [5.41, 5.74) is 1.66. The summed E-state index contributed by atoms with van der Waals surface area (Å²) in [6.07, 6.45) is -4.72. The van der Waals surface area contributed by atoms with Crippen molar-refractivity contribution in [2.75, 3.05) is 5.75 Å². The number of aryl methyl sites for hydroxylation is 3. The Morgan fingerprint density at radius 1 is 1.07 bits per heavy atom. The van der Waals surface area contributed by atoms with E-state index < -0.39 is 28.0 Å². The molecule has 1 unspecified atom stereocenters. The monoisotopic (exact) mass is 437 g/mol. The highest BCUT2D eigenvalue weighted by Gasteiger charge is 2.42. The molecular weight excluding hydrogens is 419 g/mol. The molecule has 0 saturated heterocycles. The van der Waals surface area contributed by atoms with Gasteiger partial charge in [-0.2, -0.15) is 17.9 Å². The lowest BCUT2D eigenvalue weighted by atomic mass is 10.1. The molecule has 1 atom stereocenters. The molecule has 0 heterocycles. The highest BCUT2D eigenvalue weighted by atomic mass is 35.5. The minimum Gasteiger partial charge on any atom is -0.207 e. The van der Waals surface area contributed by atoms with Crippen LogP contribution in [0.2, 0.25) is 5.02 Å². The lowest BCUT2D eigenvalue weighted by molar-refractivity contribution is -0.145. The van der Waals surface area contributed by atoms with Crippen LogP contribution >= 0.6 is 23.4 Å². The number of benzene rings is 2. The molecule has 0 aliphatic rings. The number of sulfonamides is 1. The largest absolute Gasteiger partial charge is 0.405 e. The summed E-state index contributed by atoms with van der Waals surface area (Å²) in [4.78, 5) is 0.453. The van der Waals surface area contributed by atoms with Gasteiger partial charge in [0.25, 0.3) is 0 Å². The Balaban J connectivity index is 2.26. The van der Waals surface area contributed by atoms with Crippen molar-refractivity contribution in [3.63, 3.8) is 0 Å². The van der Waals surface area contributed by atoms with E-state index in [9.17, 15) is 21.6 Å². The second kappa shape index (κ2) is 8.43. The number of alkyl halides is 3. The fourth-order valence-corrected chi connectivity index (χ4v) is 5.61. The molecule has 27 heavy (non-hydrogen) atoms. The summed E-state index contributed by atoms with van der Waals surface area (Å²) >= 11 is 6.67. The van der Waals surface area contributed by atoms with Gasteiger partial charge in [-0.3, -0.25) is 0 Å². The molecule has 148 valence electrons. The van der Waals surface area contributed by atoms with Crippen molar-refractivity contribution in [3.8, 4) is 0 Å². The van der Waals surface area contributed by atoms with Crippen molar-refractivity contribution in [1.29, 1.82) is 0 Å². The number of nitrogens with one attached hydrogen (secondary N) is 1. The van der Waals surface area contributed by atoms with Crippen molar-refractivity contribution in [3.05, 3.63) is 58.1 Å². The molecule has 0 radical (unpaired) electrons. The van der Waals surface area contributed by atoms with Crippen LogP contribution in [0.1, 0.15) is 16.7 Å². The summed E-state index contributed by atoms with van der Waals surface area (Å²) in [6, 6.07) is 7.35. The molecule has 1 N–H and O–H groups in total. The molecule has 3 nitrogen and oxygen atoms in total. The van der Waals surface area contributed by atoms with Gasteiger partial charge in [0.15, 0.2) is 0 Å². The zero-order valence-corrected chi connectivity index (χ0v) is 17.3. The van der Waals surface area contributed by atoms with Gasteiger partial charge in [0.1, 0.15) is 6.04 Å². The van der Waals surface area contributed by atoms with Crippen LogP contribution in [0.4, 0.5) is 13.2 Å². The summed E-state index contributed by atoms with van der Waals surface area (Å²) in [5, 5.41) is 0.470. The van der Waals surface area contributed by atoms with Crippen LogP contribution in [0, 0.1) is 20.8 Å². The van der Waals surface area contributed by atoms with E-state index in [0.717, 1.165) is 17.3 Å². The Labute approximate surface area is 166 Å². The Morgan fingerprint density at radius 3 is 2.07 bits per heavy atom. The zero-order valence-electron chi connectivity index (χ0n) is 14.9. The maximum Gasteiger partial charge on any atom is 0.405 e. The van der Waals surface area contributed by atoms with Crippen LogP contribution < -0.4 is 4.72 Å². The molecule has 0 amide bonds. The van der Waals surface area contributed by atoms with Gasteiger partial charge in [0.2, 0.25) is 10.0 Å². The van der Waals surface area contributed by atoms with Gasteiger partial charge in [-0.15, -0.1) is 11.8 Å². The van der Waals surface area contributed by atoms with E-state index in [2.05, 4.69) is 0 Å². The predicted octanol–water partition coefficient (Wildman–Crippen LogP) is 5.27. The lowest BCUT2D eigenvalue weighted by Crippen LogP contribution is -2.47. The van der Waals surface area contributed by atoms with E-state index in [1.54, 1.807) is 57.2 Å². The third-order valence-electron chi connectivity index (χ3n) is 3.80. The predicted molar refractivity (Wildman–Crippen MR) is 103 cm³/mol. The maximum atomic E-state index is 13.4. The van der Waals surface area contributed by atoms with Gasteiger partial charge >= 0.3 is 6.18 Å². The summed E-state index contributed by atoms with van der Waals surface area (Å²) in [5.74, 6) is -0.492. The fourth-order valence-electron chi connectivity index (χ4n) is 2.74. The standard InChI is InChI=1S/C18H19ClF3NO2S2/c1-11-8-12(2)17(13(3)9-11)27(24,25)23-16(18(20,21)22)10-26-15-6-4-14(19)5-7-15/h4-9,16,23H,10H2,1-3H3. The number of thioether (sulfide) groups is 1. The maximum absolute atomic E-state index is 13.4. The SMILES string of the molecule is Cc1cc(C)c(S(=O)(=O)NC(CSc2ccc(Cl)cc2)C(F)(F)F)c(C)c1. The van der Waals surface area contributed by atoms with Crippen molar-refractivity contribution < 1.29 is 21.6 Å². The summed E-state index contributed by atoms with van der Waals surface area (Å²) in [7, 11) is -4.34. The van der Waals surface area contributed by atoms with Crippen molar-refractivity contribution >= 4 is 33.4 Å². The first-order valence-corrected chi connectivity index (χ1v) is 10.8. The Hall–Kier alpha value is -1.22. The van der Waals surface area contributed by atoms with Crippen LogP contribution in [-0.4, -0.2) is 26.4 Å². The molecule has 2 aromatic carbocycles. The molecule has 9 heteroatoms. The first-order chi connectivity index (χ1) is 12.4. The first kappa shape index (κ1) is 22.1. The highest BCUT2D eigenvalue weighted by molar-refractivity contribution is 7.99. The number of hydrogen-bond donors (Lipinski definition) is 1. The quantitative estimate of drug-likeness (QED) is 0.626. The third kappa shape index (κ3) is 5.88. The van der Waals surface area contributed by atoms with E-state index in [1.807, 2.05) is 4.72 Å². The van der Waals surface area contributed by atoms with Crippen LogP contribution in [0.15, 0.2) is 46.2 Å². The molecule has 0 fully saturated rings. The molecule has 0 bridgehead atoms. The zero-order chi connectivity index (χ0) is 20.4. The van der Waals surface area contributed by atoms with Crippen molar-refractivity contribution in [2.24, 2.45) is 0 Å². The first-order valence-electron chi connectivity index (χ1n) is 7.95. The van der Waals surface area contributed by atoms with E-state index >= 15 is 0 Å². The number of halogens is 4. The van der Waals surface area contributed by atoms with E-state index in [1.165, 1.54) is 0 Å². The fraction of sp³-hybridized carbons (Fsp3) is 0.333. The van der Waals surface area contributed by atoms with E-state index in [4.69, 9.17) is 11.6 Å². The Bertz CT molecular complexity index is 890. The lowest BCUT2D eigenvalue weighted by Gasteiger charge is -2.22. The topological polar surface area (TPSA) is 46.2 Å². The molecule has 2 rings (SSSR count). The molecule has 0 spiro atoms. The van der Waals surface area contributed by atoms with Crippen molar-refractivity contribution in [1.82, 2.24) is 4.72 Å². The van der Waals surface area contributed by atoms with Gasteiger partial charge in [0, 0.05) is 15.7 Å². The minimum atomic E-state index is -4.72. The summed E-state index contributed by atoms with van der Waals surface area (Å²) < 4.78 is 67.5. The number of rotatable bonds is 6. The van der Waals surface area contributed by atoms with Crippen LogP contribution in [0.5, 0.6) is 0 Å². The van der Waals surface area contributed by atoms with Gasteiger partial charge < -0.3 is 0 Å². The average molecular weight is 438 g/mol. The average Bonchev–Trinajstić information content (AvgIpc) is 2.50. The number of hydrogen-bond acceptors (Lipinski definition) is 3. The van der Waals surface area contributed by atoms with Crippen LogP contribution in [-0.2, 0) is 10.0 Å². The van der Waals surface area contributed by atoms with Gasteiger partial charge in [-0.05, 0) is 56.2 Å². The molecular formula is C18H19ClF3NO2S2. The second-order valence-corrected chi connectivity index (χ2v) is 9.39. The molecule has 0 aromatic heterocycles. The van der Waals surface area contributed by atoms with E-state index in [-0.39, 0.29) is 4.90 Å². The summed E-state index contributed by atoms with van der Waals surface area (Å²) in [6.45, 7) is 4.93. The van der Waals surface area contributed by atoms with Crippen LogP contribution in [0.25, 0.3) is 0 Å². The smallest absolute Gasteiger partial charge is 0.207 e. The molecule has 0 saturated carbocycles. The second-order valence-electron chi connectivity index (χ2n) is 6.21. The van der Waals surface area contributed by atoms with Gasteiger partial charge in [-0.1, -0.05) is 29.3 Å².